The van der Waals surface area contributed by atoms with E-state index in [0.29, 0.717) is 24.6 Å². The predicted octanol–water partition coefficient (Wildman–Crippen LogP) is 6.47. The van der Waals surface area contributed by atoms with Gasteiger partial charge < -0.3 is 9.47 Å². The van der Waals surface area contributed by atoms with Crippen LogP contribution in [-0.2, 0) is 6.18 Å². The molecule has 29 heavy (non-hydrogen) atoms. The van der Waals surface area contributed by atoms with Crippen LogP contribution in [0.25, 0.3) is 0 Å². The van der Waals surface area contributed by atoms with Gasteiger partial charge in [-0.3, -0.25) is 4.99 Å². The van der Waals surface area contributed by atoms with Gasteiger partial charge in [0.05, 0.1) is 0 Å². The fourth-order valence-corrected chi connectivity index (χ4v) is 2.08. The van der Waals surface area contributed by atoms with Gasteiger partial charge in [0.2, 0.25) is 0 Å². The summed E-state index contributed by atoms with van der Waals surface area (Å²) in [5.74, 6) is -4.67. The van der Waals surface area contributed by atoms with E-state index in [9.17, 15) is 35.1 Å². The van der Waals surface area contributed by atoms with E-state index < -0.39 is 36.3 Å². The number of benzene rings is 2. The average Bonchev–Trinajstić information content (AvgIpc) is 2.54. The van der Waals surface area contributed by atoms with E-state index in [1.54, 1.807) is 0 Å². The van der Waals surface area contributed by atoms with Crippen LogP contribution in [0, 0.1) is 0 Å². The van der Waals surface area contributed by atoms with Crippen molar-refractivity contribution < 1.29 is 44.6 Å². The molecule has 0 amide bonds. The molecular weight excluding hydrogens is 414 g/mol. The molecule has 2 aromatic carbocycles. The average molecular weight is 427 g/mol. The number of ether oxygens (including phenoxy) is 2. The normalized spacial score (nSPS) is 13.0. The van der Waals surface area contributed by atoms with Crippen molar-refractivity contribution in [3.8, 4) is 17.2 Å². The lowest BCUT2D eigenvalue weighted by atomic mass is 10.2. The summed E-state index contributed by atoms with van der Waals surface area (Å²) in [4.78, 5) is 3.56. The van der Waals surface area contributed by atoms with Crippen molar-refractivity contribution in [3.05, 3.63) is 53.6 Å². The zero-order valence-corrected chi connectivity index (χ0v) is 14.6. The monoisotopic (exact) mass is 427 g/mol. The third-order valence-corrected chi connectivity index (χ3v) is 3.21. The molecule has 0 aromatic heterocycles. The van der Waals surface area contributed by atoms with Gasteiger partial charge in [0.25, 0.3) is 5.92 Å². The highest BCUT2D eigenvalue weighted by atomic mass is 19.4. The molecule has 0 saturated carbocycles. The van der Waals surface area contributed by atoms with Gasteiger partial charge in [0.15, 0.2) is 0 Å². The van der Waals surface area contributed by atoms with Gasteiger partial charge >= 0.3 is 12.5 Å². The molecule has 0 unspecified atom stereocenters. The molecule has 0 aliphatic carbocycles. The van der Waals surface area contributed by atoms with E-state index in [2.05, 4.69) is 9.73 Å². The molecule has 0 N–H and O–H groups in total. The summed E-state index contributed by atoms with van der Waals surface area (Å²) in [6, 6.07) is 7.25. The van der Waals surface area contributed by atoms with Crippen LogP contribution in [0.3, 0.4) is 0 Å². The Hall–Kier alpha value is -2.85. The van der Waals surface area contributed by atoms with E-state index in [4.69, 9.17) is 4.74 Å². The number of halogens is 8. The van der Waals surface area contributed by atoms with Crippen molar-refractivity contribution in [2.45, 2.75) is 25.4 Å². The molecule has 11 heteroatoms. The van der Waals surface area contributed by atoms with Gasteiger partial charge in [-0.05, 0) is 48.0 Å². The Kier molecular flexibility index (Phi) is 6.39. The van der Waals surface area contributed by atoms with Crippen molar-refractivity contribution in [3.63, 3.8) is 0 Å². The van der Waals surface area contributed by atoms with Crippen LogP contribution in [0.5, 0.6) is 17.2 Å². The fourth-order valence-electron chi connectivity index (χ4n) is 2.08. The molecule has 0 saturated heterocycles. The first-order valence-corrected chi connectivity index (χ1v) is 7.85. The van der Waals surface area contributed by atoms with Gasteiger partial charge in [-0.25, -0.2) is 8.78 Å². The first kappa shape index (κ1) is 22.4. The summed E-state index contributed by atoms with van der Waals surface area (Å²) in [5, 5.41) is 0. The standard InChI is InChI=1S/C18H13F8NO2/c1-16(19,20)10-27-9-11-2-4-12(5-3-11)28-13-6-7-15(29-18(24,25)26)14(8-13)17(21,22)23/h2-9H,10H2,1H3. The molecule has 0 spiro atoms. The van der Waals surface area contributed by atoms with Crippen LogP contribution in [0.15, 0.2) is 47.5 Å². The Balaban J connectivity index is 2.17. The number of nitrogens with zero attached hydrogens (tertiary/aromatic N) is 1. The second kappa shape index (κ2) is 8.26. The zero-order valence-electron chi connectivity index (χ0n) is 14.6. The Morgan fingerprint density at radius 3 is 1.97 bits per heavy atom. The highest BCUT2D eigenvalue weighted by Crippen LogP contribution is 2.41. The van der Waals surface area contributed by atoms with E-state index >= 15 is 0 Å². The largest absolute Gasteiger partial charge is 0.573 e. The lowest BCUT2D eigenvalue weighted by molar-refractivity contribution is -0.276. The van der Waals surface area contributed by atoms with Crippen molar-refractivity contribution in [1.82, 2.24) is 0 Å². The van der Waals surface area contributed by atoms with E-state index in [-0.39, 0.29) is 11.5 Å². The second-order valence-corrected chi connectivity index (χ2v) is 5.91. The summed E-state index contributed by atoms with van der Waals surface area (Å²) in [6.45, 7) is -0.000670. The second-order valence-electron chi connectivity index (χ2n) is 5.91. The van der Waals surface area contributed by atoms with Gasteiger partial charge in [-0.15, -0.1) is 13.2 Å². The van der Waals surface area contributed by atoms with Crippen LogP contribution in [0.1, 0.15) is 18.1 Å². The van der Waals surface area contributed by atoms with Crippen LogP contribution < -0.4 is 9.47 Å². The number of alkyl halides is 8. The molecule has 0 heterocycles. The zero-order chi connectivity index (χ0) is 21.9. The van der Waals surface area contributed by atoms with Crippen LogP contribution in [-0.4, -0.2) is 25.0 Å². The highest BCUT2D eigenvalue weighted by molar-refractivity contribution is 5.79. The Morgan fingerprint density at radius 1 is 0.862 bits per heavy atom. The smallest absolute Gasteiger partial charge is 0.457 e. The third kappa shape index (κ3) is 7.59. The number of aliphatic imine (C=N–C) groups is 1. The fraction of sp³-hybridized carbons (Fsp3) is 0.278. The predicted molar refractivity (Wildman–Crippen MR) is 87.7 cm³/mol. The summed E-state index contributed by atoms with van der Waals surface area (Å²) in [7, 11) is 0. The van der Waals surface area contributed by atoms with Gasteiger partial charge in [-0.1, -0.05) is 0 Å². The number of rotatable bonds is 6. The van der Waals surface area contributed by atoms with E-state index in [1.165, 1.54) is 30.5 Å². The summed E-state index contributed by atoms with van der Waals surface area (Å²) < 4.78 is 110. The molecule has 0 fully saturated rings. The topological polar surface area (TPSA) is 30.8 Å². The molecule has 3 nitrogen and oxygen atoms in total. The molecular formula is C18H13F8NO2. The van der Waals surface area contributed by atoms with Gasteiger partial charge in [-0.2, -0.15) is 13.2 Å². The maximum atomic E-state index is 13.0. The van der Waals surface area contributed by atoms with Crippen molar-refractivity contribution in [2.75, 3.05) is 6.54 Å². The van der Waals surface area contributed by atoms with Gasteiger partial charge in [0, 0.05) is 13.1 Å². The maximum absolute atomic E-state index is 13.0. The lowest BCUT2D eigenvalue weighted by Crippen LogP contribution is -2.20. The molecule has 0 bridgehead atoms. The highest BCUT2D eigenvalue weighted by Gasteiger charge is 2.39. The van der Waals surface area contributed by atoms with Crippen LogP contribution in [0.4, 0.5) is 35.1 Å². The van der Waals surface area contributed by atoms with E-state index in [0.717, 1.165) is 6.07 Å². The molecule has 2 aromatic rings. The minimum Gasteiger partial charge on any atom is -0.457 e. The molecule has 0 aliphatic heterocycles. The molecule has 0 aliphatic rings. The van der Waals surface area contributed by atoms with Crippen molar-refractivity contribution >= 4 is 6.21 Å². The van der Waals surface area contributed by atoms with Crippen LogP contribution >= 0.6 is 0 Å². The molecule has 0 atom stereocenters. The number of hydrogen-bond acceptors (Lipinski definition) is 3. The summed E-state index contributed by atoms with van der Waals surface area (Å²) in [5.41, 5.74) is -1.22. The third-order valence-electron chi connectivity index (χ3n) is 3.21. The maximum Gasteiger partial charge on any atom is 0.573 e. The Morgan fingerprint density at radius 2 is 1.45 bits per heavy atom. The molecule has 158 valence electrons. The van der Waals surface area contributed by atoms with E-state index in [1.807, 2.05) is 0 Å². The quantitative estimate of drug-likeness (QED) is 0.391. The van der Waals surface area contributed by atoms with Crippen molar-refractivity contribution in [1.29, 1.82) is 0 Å². The van der Waals surface area contributed by atoms with Gasteiger partial charge in [0.1, 0.15) is 29.4 Å². The lowest BCUT2D eigenvalue weighted by Gasteiger charge is -2.16. The van der Waals surface area contributed by atoms with Crippen LogP contribution in [0.2, 0.25) is 0 Å². The summed E-state index contributed by atoms with van der Waals surface area (Å²) >= 11 is 0. The first-order chi connectivity index (χ1) is 13.2. The minimum absolute atomic E-state index is 0.0700. The SMILES string of the molecule is CC(F)(F)CN=Cc1ccc(Oc2ccc(OC(F)(F)F)c(C(F)(F)F)c2)cc1. The summed E-state index contributed by atoms with van der Waals surface area (Å²) in [6.07, 6.45) is -9.21. The minimum atomic E-state index is -5.29. The molecule has 2 rings (SSSR count). The number of hydrogen-bond donors (Lipinski definition) is 0. The van der Waals surface area contributed by atoms with Crippen molar-refractivity contribution in [2.24, 2.45) is 4.99 Å². The Labute approximate surface area is 159 Å². The molecule has 0 radical (unpaired) electrons. The first-order valence-electron chi connectivity index (χ1n) is 7.85. The Bertz CT molecular complexity index is 852.